The maximum absolute atomic E-state index is 12.6. The number of benzene rings is 1. The number of alkyl halides is 3. The fourth-order valence-corrected chi connectivity index (χ4v) is 1.50. The summed E-state index contributed by atoms with van der Waals surface area (Å²) in [5.41, 5.74) is -0.326. The molecule has 0 aromatic heterocycles. The van der Waals surface area contributed by atoms with Crippen molar-refractivity contribution in [3.63, 3.8) is 0 Å². The molecule has 84 valence electrons. The standard InChI is InChI=1S/C11H14F3N/c1-3-8-15(2)10-7-5-4-6-9(10)11(12,13)14/h4-7H,3,8H2,1-2H3. The lowest BCUT2D eigenvalue weighted by atomic mass is 10.1. The molecule has 0 saturated heterocycles. The van der Waals surface area contributed by atoms with Crippen LogP contribution in [-0.2, 0) is 6.18 Å². The van der Waals surface area contributed by atoms with Gasteiger partial charge in [-0.2, -0.15) is 13.2 Å². The highest BCUT2D eigenvalue weighted by molar-refractivity contribution is 5.54. The lowest BCUT2D eigenvalue weighted by Crippen LogP contribution is -2.21. The van der Waals surface area contributed by atoms with E-state index in [0.29, 0.717) is 6.54 Å². The van der Waals surface area contributed by atoms with Gasteiger partial charge >= 0.3 is 6.18 Å². The number of anilines is 1. The third-order valence-corrected chi connectivity index (χ3v) is 2.18. The van der Waals surface area contributed by atoms with Gasteiger partial charge in [-0.1, -0.05) is 19.1 Å². The van der Waals surface area contributed by atoms with E-state index in [1.54, 1.807) is 18.0 Å². The molecular formula is C11H14F3N. The van der Waals surface area contributed by atoms with Gasteiger partial charge in [0.25, 0.3) is 0 Å². The molecule has 1 nitrogen and oxygen atoms in total. The average molecular weight is 217 g/mol. The Morgan fingerprint density at radius 1 is 1.20 bits per heavy atom. The molecule has 0 aliphatic rings. The Labute approximate surface area is 87.5 Å². The first-order valence-electron chi connectivity index (χ1n) is 4.84. The minimum atomic E-state index is -4.28. The van der Waals surface area contributed by atoms with Crippen molar-refractivity contribution < 1.29 is 13.2 Å². The van der Waals surface area contributed by atoms with Crippen LogP contribution in [0.25, 0.3) is 0 Å². The van der Waals surface area contributed by atoms with Gasteiger partial charge in [0.15, 0.2) is 0 Å². The molecule has 0 amide bonds. The third kappa shape index (κ3) is 2.88. The highest BCUT2D eigenvalue weighted by atomic mass is 19.4. The number of hydrogen-bond donors (Lipinski definition) is 0. The lowest BCUT2D eigenvalue weighted by Gasteiger charge is -2.22. The first-order valence-corrected chi connectivity index (χ1v) is 4.84. The number of rotatable bonds is 3. The van der Waals surface area contributed by atoms with Gasteiger partial charge in [0, 0.05) is 19.3 Å². The molecule has 0 atom stereocenters. The van der Waals surface area contributed by atoms with Crippen molar-refractivity contribution in [2.24, 2.45) is 0 Å². The zero-order valence-electron chi connectivity index (χ0n) is 8.80. The highest BCUT2D eigenvalue weighted by Gasteiger charge is 2.33. The number of para-hydroxylation sites is 1. The number of nitrogens with zero attached hydrogens (tertiary/aromatic N) is 1. The molecule has 15 heavy (non-hydrogen) atoms. The molecule has 0 bridgehead atoms. The van der Waals surface area contributed by atoms with Gasteiger partial charge in [0.05, 0.1) is 5.56 Å². The van der Waals surface area contributed by atoms with E-state index in [9.17, 15) is 13.2 Å². The van der Waals surface area contributed by atoms with Crippen LogP contribution in [0.2, 0.25) is 0 Å². The average Bonchev–Trinajstić information content (AvgIpc) is 2.17. The Balaban J connectivity index is 3.06. The van der Waals surface area contributed by atoms with E-state index in [1.807, 2.05) is 6.92 Å². The molecule has 4 heteroatoms. The highest BCUT2D eigenvalue weighted by Crippen LogP contribution is 2.35. The Morgan fingerprint density at radius 3 is 2.33 bits per heavy atom. The largest absolute Gasteiger partial charge is 0.418 e. The number of hydrogen-bond acceptors (Lipinski definition) is 1. The second-order valence-corrected chi connectivity index (χ2v) is 3.44. The quantitative estimate of drug-likeness (QED) is 0.748. The number of halogens is 3. The van der Waals surface area contributed by atoms with Crippen LogP contribution >= 0.6 is 0 Å². The van der Waals surface area contributed by atoms with Gasteiger partial charge in [-0.05, 0) is 18.6 Å². The van der Waals surface area contributed by atoms with E-state index in [2.05, 4.69) is 0 Å². The normalized spacial score (nSPS) is 11.5. The van der Waals surface area contributed by atoms with Crippen LogP contribution in [-0.4, -0.2) is 13.6 Å². The molecule has 1 aromatic carbocycles. The van der Waals surface area contributed by atoms with Gasteiger partial charge in [-0.3, -0.25) is 0 Å². The second kappa shape index (κ2) is 4.55. The van der Waals surface area contributed by atoms with E-state index in [4.69, 9.17) is 0 Å². The minimum Gasteiger partial charge on any atom is -0.374 e. The minimum absolute atomic E-state index is 0.242. The summed E-state index contributed by atoms with van der Waals surface area (Å²) in [6.07, 6.45) is -3.46. The van der Waals surface area contributed by atoms with E-state index in [-0.39, 0.29) is 5.69 Å². The molecule has 0 unspecified atom stereocenters. The maximum Gasteiger partial charge on any atom is 0.418 e. The summed E-state index contributed by atoms with van der Waals surface area (Å²) in [5.74, 6) is 0. The monoisotopic (exact) mass is 217 g/mol. The molecule has 0 spiro atoms. The molecule has 1 rings (SSSR count). The summed E-state index contributed by atoms with van der Waals surface area (Å²) in [6.45, 7) is 2.56. The summed E-state index contributed by atoms with van der Waals surface area (Å²) < 4.78 is 37.9. The van der Waals surface area contributed by atoms with E-state index >= 15 is 0 Å². The first-order chi connectivity index (χ1) is 6.96. The summed E-state index contributed by atoms with van der Waals surface area (Å²) in [5, 5.41) is 0. The summed E-state index contributed by atoms with van der Waals surface area (Å²) in [7, 11) is 1.67. The van der Waals surface area contributed by atoms with Crippen LogP contribution < -0.4 is 4.90 Å². The summed E-state index contributed by atoms with van der Waals surface area (Å²) in [6, 6.07) is 5.64. The smallest absolute Gasteiger partial charge is 0.374 e. The second-order valence-electron chi connectivity index (χ2n) is 3.44. The summed E-state index contributed by atoms with van der Waals surface area (Å²) in [4.78, 5) is 1.63. The van der Waals surface area contributed by atoms with Gasteiger partial charge < -0.3 is 4.90 Å². The van der Waals surface area contributed by atoms with Crippen LogP contribution in [0.1, 0.15) is 18.9 Å². The first kappa shape index (κ1) is 11.9. The molecule has 0 N–H and O–H groups in total. The third-order valence-electron chi connectivity index (χ3n) is 2.18. The van der Waals surface area contributed by atoms with E-state index in [1.165, 1.54) is 12.1 Å². The van der Waals surface area contributed by atoms with Crippen molar-refractivity contribution in [2.75, 3.05) is 18.5 Å². The van der Waals surface area contributed by atoms with Crippen molar-refractivity contribution >= 4 is 5.69 Å². The Hall–Kier alpha value is -1.19. The van der Waals surface area contributed by atoms with Gasteiger partial charge in [0.2, 0.25) is 0 Å². The predicted molar refractivity (Wildman–Crippen MR) is 55.0 cm³/mol. The van der Waals surface area contributed by atoms with Crippen LogP contribution in [0, 0.1) is 0 Å². The zero-order valence-corrected chi connectivity index (χ0v) is 8.80. The topological polar surface area (TPSA) is 3.24 Å². The van der Waals surface area contributed by atoms with Crippen LogP contribution in [0.4, 0.5) is 18.9 Å². The molecule has 0 radical (unpaired) electrons. The molecule has 0 aliphatic heterocycles. The van der Waals surface area contributed by atoms with Crippen molar-refractivity contribution in [1.82, 2.24) is 0 Å². The van der Waals surface area contributed by atoms with E-state index < -0.39 is 11.7 Å². The Bertz CT molecular complexity index is 320. The molecular weight excluding hydrogens is 203 g/mol. The van der Waals surface area contributed by atoms with Crippen LogP contribution in [0.15, 0.2) is 24.3 Å². The maximum atomic E-state index is 12.6. The van der Waals surface area contributed by atoms with Gasteiger partial charge in [0.1, 0.15) is 0 Å². The molecule has 1 aromatic rings. The predicted octanol–water partition coefficient (Wildman–Crippen LogP) is 3.55. The van der Waals surface area contributed by atoms with Crippen molar-refractivity contribution in [2.45, 2.75) is 19.5 Å². The summed E-state index contributed by atoms with van der Waals surface area (Å²) >= 11 is 0. The zero-order chi connectivity index (χ0) is 11.5. The fourth-order valence-electron chi connectivity index (χ4n) is 1.50. The lowest BCUT2D eigenvalue weighted by molar-refractivity contribution is -0.137. The Kier molecular flexibility index (Phi) is 3.61. The van der Waals surface area contributed by atoms with Gasteiger partial charge in [-0.25, -0.2) is 0 Å². The van der Waals surface area contributed by atoms with Crippen molar-refractivity contribution in [3.05, 3.63) is 29.8 Å². The van der Waals surface area contributed by atoms with E-state index in [0.717, 1.165) is 12.5 Å². The van der Waals surface area contributed by atoms with Gasteiger partial charge in [-0.15, -0.1) is 0 Å². The van der Waals surface area contributed by atoms with Crippen LogP contribution in [0.3, 0.4) is 0 Å². The SMILES string of the molecule is CCCN(C)c1ccccc1C(F)(F)F. The Morgan fingerprint density at radius 2 is 1.80 bits per heavy atom. The molecule has 0 heterocycles. The van der Waals surface area contributed by atoms with Crippen molar-refractivity contribution in [3.8, 4) is 0 Å². The molecule has 0 saturated carbocycles. The van der Waals surface area contributed by atoms with Crippen LogP contribution in [0.5, 0.6) is 0 Å². The molecule has 0 fully saturated rings. The molecule has 0 aliphatic carbocycles. The van der Waals surface area contributed by atoms with Crippen molar-refractivity contribution in [1.29, 1.82) is 0 Å². The fraction of sp³-hybridized carbons (Fsp3) is 0.455.